The summed E-state index contributed by atoms with van der Waals surface area (Å²) in [6.07, 6.45) is 3.87. The molecule has 2 N–H and O–H groups in total. The smallest absolute Gasteiger partial charge is 0.191 e. The highest BCUT2D eigenvalue weighted by molar-refractivity contribution is 14.0. The Labute approximate surface area is 163 Å². The molecule has 5 nitrogen and oxygen atoms in total. The molecular weight excluding hydrogens is 421 g/mol. The van der Waals surface area contributed by atoms with E-state index in [4.69, 9.17) is 0 Å². The number of hydrogen-bond acceptors (Lipinski definition) is 4. The van der Waals surface area contributed by atoms with Gasteiger partial charge in [0.1, 0.15) is 0 Å². The van der Waals surface area contributed by atoms with Crippen LogP contribution in [0.1, 0.15) is 26.2 Å². The standard InChI is InChI=1S/C16H33N5S.HI/c1-5-22-15-7-6-13(10-15)19-16(17-2)18-11-14-12-20(3)8-9-21(14)4;/h13-15H,5-12H2,1-4H3,(H2,17,18,19);1H. The Balaban J connectivity index is 0.00000264. The van der Waals surface area contributed by atoms with Crippen molar-refractivity contribution in [3.63, 3.8) is 0 Å². The third-order valence-electron chi connectivity index (χ3n) is 4.84. The first-order valence-corrected chi connectivity index (χ1v) is 9.64. The molecule has 23 heavy (non-hydrogen) atoms. The molecule has 0 aromatic heterocycles. The van der Waals surface area contributed by atoms with Crippen LogP contribution in [0.4, 0.5) is 0 Å². The zero-order valence-electron chi connectivity index (χ0n) is 15.0. The molecule has 2 fully saturated rings. The summed E-state index contributed by atoms with van der Waals surface area (Å²) < 4.78 is 0. The summed E-state index contributed by atoms with van der Waals surface area (Å²) >= 11 is 2.10. The molecule has 3 atom stereocenters. The highest BCUT2D eigenvalue weighted by atomic mass is 127. The van der Waals surface area contributed by atoms with Gasteiger partial charge in [0.05, 0.1) is 0 Å². The molecule has 1 aliphatic heterocycles. The number of halogens is 1. The maximum Gasteiger partial charge on any atom is 0.191 e. The molecule has 0 spiro atoms. The fourth-order valence-electron chi connectivity index (χ4n) is 3.38. The molecule has 3 unspecified atom stereocenters. The normalized spacial score (nSPS) is 30.1. The Morgan fingerprint density at radius 2 is 2.04 bits per heavy atom. The summed E-state index contributed by atoms with van der Waals surface area (Å²) in [5.41, 5.74) is 0. The first kappa shape index (κ1) is 21.3. The number of hydrogen-bond donors (Lipinski definition) is 2. The lowest BCUT2D eigenvalue weighted by molar-refractivity contribution is 0.116. The number of likely N-dealkylation sites (N-methyl/N-ethyl adjacent to an activating group) is 2. The van der Waals surface area contributed by atoms with Gasteiger partial charge in [0.15, 0.2) is 5.96 Å². The lowest BCUT2D eigenvalue weighted by Crippen LogP contribution is -2.55. The Bertz CT molecular complexity index is 368. The largest absolute Gasteiger partial charge is 0.355 e. The van der Waals surface area contributed by atoms with Crippen LogP contribution in [0.5, 0.6) is 0 Å². The van der Waals surface area contributed by atoms with Crippen molar-refractivity contribution in [3.8, 4) is 0 Å². The lowest BCUT2D eigenvalue weighted by atomic mass is 10.2. The van der Waals surface area contributed by atoms with Crippen LogP contribution in [0.15, 0.2) is 4.99 Å². The fraction of sp³-hybridized carbons (Fsp3) is 0.938. The molecule has 136 valence electrons. The average molecular weight is 455 g/mol. The van der Waals surface area contributed by atoms with Crippen molar-refractivity contribution >= 4 is 41.7 Å². The van der Waals surface area contributed by atoms with Crippen molar-refractivity contribution in [1.82, 2.24) is 20.4 Å². The van der Waals surface area contributed by atoms with Crippen LogP contribution >= 0.6 is 35.7 Å². The summed E-state index contributed by atoms with van der Waals surface area (Å²) in [6.45, 7) is 6.65. The third kappa shape index (κ3) is 6.96. The van der Waals surface area contributed by atoms with Crippen molar-refractivity contribution in [2.24, 2.45) is 4.99 Å². The highest BCUT2D eigenvalue weighted by Crippen LogP contribution is 2.29. The predicted molar refractivity (Wildman–Crippen MR) is 113 cm³/mol. The topological polar surface area (TPSA) is 42.9 Å². The second kappa shape index (κ2) is 11.0. The first-order chi connectivity index (χ1) is 10.6. The summed E-state index contributed by atoms with van der Waals surface area (Å²) in [4.78, 5) is 9.26. The Morgan fingerprint density at radius 1 is 1.26 bits per heavy atom. The second-order valence-electron chi connectivity index (χ2n) is 6.58. The van der Waals surface area contributed by atoms with Gasteiger partial charge in [-0.05, 0) is 39.1 Å². The molecule has 0 bridgehead atoms. The predicted octanol–water partition coefficient (Wildman–Crippen LogP) is 1.69. The van der Waals surface area contributed by atoms with Crippen molar-refractivity contribution in [2.75, 3.05) is 53.1 Å². The highest BCUT2D eigenvalue weighted by Gasteiger charge is 2.26. The zero-order valence-corrected chi connectivity index (χ0v) is 18.2. The molecule has 1 saturated heterocycles. The van der Waals surface area contributed by atoms with E-state index in [2.05, 4.69) is 58.2 Å². The lowest BCUT2D eigenvalue weighted by Gasteiger charge is -2.38. The maximum atomic E-state index is 4.41. The Kier molecular flexibility index (Phi) is 10.2. The van der Waals surface area contributed by atoms with E-state index in [1.807, 2.05) is 7.05 Å². The number of nitrogens with zero attached hydrogens (tertiary/aromatic N) is 3. The minimum Gasteiger partial charge on any atom is -0.355 e. The maximum absolute atomic E-state index is 4.41. The van der Waals surface area contributed by atoms with Gasteiger partial charge in [-0.15, -0.1) is 24.0 Å². The molecule has 0 aromatic carbocycles. The minimum absolute atomic E-state index is 0. The Hall–Kier alpha value is 0.270. The van der Waals surface area contributed by atoms with E-state index in [-0.39, 0.29) is 24.0 Å². The third-order valence-corrected chi connectivity index (χ3v) is 6.07. The van der Waals surface area contributed by atoms with E-state index in [1.54, 1.807) is 0 Å². The summed E-state index contributed by atoms with van der Waals surface area (Å²) in [7, 11) is 6.30. The van der Waals surface area contributed by atoms with Crippen molar-refractivity contribution in [1.29, 1.82) is 0 Å². The number of aliphatic imine (C=N–C) groups is 1. The molecular formula is C16H34IN5S. The molecule has 0 radical (unpaired) electrons. The van der Waals surface area contributed by atoms with Gasteiger partial charge in [0.2, 0.25) is 0 Å². The van der Waals surface area contributed by atoms with Crippen molar-refractivity contribution in [3.05, 3.63) is 0 Å². The van der Waals surface area contributed by atoms with Gasteiger partial charge in [0, 0.05) is 50.6 Å². The molecule has 2 aliphatic rings. The van der Waals surface area contributed by atoms with Gasteiger partial charge in [-0.1, -0.05) is 6.92 Å². The van der Waals surface area contributed by atoms with Crippen LogP contribution < -0.4 is 10.6 Å². The van der Waals surface area contributed by atoms with Gasteiger partial charge in [-0.3, -0.25) is 9.89 Å². The van der Waals surface area contributed by atoms with E-state index in [9.17, 15) is 0 Å². The van der Waals surface area contributed by atoms with Gasteiger partial charge in [-0.2, -0.15) is 11.8 Å². The van der Waals surface area contributed by atoms with Crippen LogP contribution in [0, 0.1) is 0 Å². The molecule has 0 amide bonds. The first-order valence-electron chi connectivity index (χ1n) is 8.60. The minimum atomic E-state index is 0. The number of rotatable bonds is 5. The van der Waals surface area contributed by atoms with E-state index < -0.39 is 0 Å². The molecule has 1 heterocycles. The van der Waals surface area contributed by atoms with Gasteiger partial charge >= 0.3 is 0 Å². The zero-order chi connectivity index (χ0) is 15.9. The van der Waals surface area contributed by atoms with Crippen LogP contribution in [-0.4, -0.2) is 86.2 Å². The van der Waals surface area contributed by atoms with Crippen LogP contribution in [-0.2, 0) is 0 Å². The molecule has 0 aromatic rings. The van der Waals surface area contributed by atoms with Crippen molar-refractivity contribution in [2.45, 2.75) is 43.5 Å². The van der Waals surface area contributed by atoms with E-state index in [0.29, 0.717) is 12.1 Å². The molecule has 1 aliphatic carbocycles. The van der Waals surface area contributed by atoms with E-state index >= 15 is 0 Å². The molecule has 1 saturated carbocycles. The number of nitrogens with one attached hydrogen (secondary N) is 2. The average Bonchev–Trinajstić information content (AvgIpc) is 2.94. The number of thioether (sulfide) groups is 1. The summed E-state index contributed by atoms with van der Waals surface area (Å²) in [5.74, 6) is 2.19. The second-order valence-corrected chi connectivity index (χ2v) is 8.16. The van der Waals surface area contributed by atoms with Gasteiger partial charge < -0.3 is 15.5 Å². The molecule has 2 rings (SSSR count). The number of piperazine rings is 1. The Morgan fingerprint density at radius 3 is 2.74 bits per heavy atom. The SMILES string of the molecule is CCSC1CCC(NC(=NC)NCC2CN(C)CCN2C)C1.I. The van der Waals surface area contributed by atoms with E-state index in [0.717, 1.165) is 30.8 Å². The van der Waals surface area contributed by atoms with Crippen LogP contribution in [0.2, 0.25) is 0 Å². The summed E-state index contributed by atoms with van der Waals surface area (Å²) in [6, 6.07) is 1.14. The fourth-order valence-corrected chi connectivity index (χ4v) is 4.53. The number of guanidine groups is 1. The van der Waals surface area contributed by atoms with Crippen molar-refractivity contribution < 1.29 is 0 Å². The van der Waals surface area contributed by atoms with Gasteiger partial charge in [-0.25, -0.2) is 0 Å². The molecule has 7 heteroatoms. The van der Waals surface area contributed by atoms with E-state index in [1.165, 1.54) is 31.6 Å². The monoisotopic (exact) mass is 455 g/mol. The van der Waals surface area contributed by atoms with Crippen LogP contribution in [0.25, 0.3) is 0 Å². The van der Waals surface area contributed by atoms with Crippen LogP contribution in [0.3, 0.4) is 0 Å². The quantitative estimate of drug-likeness (QED) is 0.375. The summed E-state index contributed by atoms with van der Waals surface area (Å²) in [5, 5.41) is 7.97. The van der Waals surface area contributed by atoms with Gasteiger partial charge in [0.25, 0.3) is 0 Å².